The Bertz CT molecular complexity index is 1090. The van der Waals surface area contributed by atoms with Gasteiger partial charge < -0.3 is 9.88 Å². The smallest absolute Gasteiger partial charge is 0.270 e. The van der Waals surface area contributed by atoms with Crippen molar-refractivity contribution in [1.29, 1.82) is 0 Å². The number of H-pyrrole nitrogens is 1. The molecule has 3 aromatic rings. The highest BCUT2D eigenvalue weighted by Crippen LogP contribution is 2.40. The maximum absolute atomic E-state index is 13.2. The molecular weight excluding hydrogens is 372 g/mol. The van der Waals surface area contributed by atoms with Crippen LogP contribution in [0.1, 0.15) is 36.2 Å². The molecule has 0 saturated carbocycles. The fraction of sp³-hybridized carbons (Fsp3) is 0.318. The second kappa shape index (κ2) is 6.48. The molecule has 1 aromatic heterocycles. The minimum Gasteiger partial charge on any atom is -0.351 e. The average Bonchev–Trinajstić information content (AvgIpc) is 3.26. The van der Waals surface area contributed by atoms with E-state index in [0.717, 1.165) is 23.7 Å². The van der Waals surface area contributed by atoms with Crippen LogP contribution in [0.2, 0.25) is 0 Å². The largest absolute Gasteiger partial charge is 0.351 e. The van der Waals surface area contributed by atoms with Gasteiger partial charge in [-0.1, -0.05) is 36.4 Å². The van der Waals surface area contributed by atoms with Crippen molar-refractivity contribution in [1.82, 2.24) is 9.88 Å². The molecular formula is C22H22N2O3S. The van der Waals surface area contributed by atoms with E-state index in [2.05, 4.69) is 4.98 Å². The van der Waals surface area contributed by atoms with Crippen LogP contribution in [0.25, 0.3) is 10.9 Å². The summed E-state index contributed by atoms with van der Waals surface area (Å²) in [7, 11) is -3.37. The van der Waals surface area contributed by atoms with Crippen LogP contribution in [0, 0.1) is 0 Å². The minimum atomic E-state index is -3.37. The number of piperidine rings is 1. The molecule has 0 radical (unpaired) electrons. The first-order valence-corrected chi connectivity index (χ1v) is 11.3. The van der Waals surface area contributed by atoms with E-state index < -0.39 is 15.1 Å². The van der Waals surface area contributed by atoms with Gasteiger partial charge in [-0.2, -0.15) is 0 Å². The number of fused-ring (bicyclic) bond motifs is 3. The van der Waals surface area contributed by atoms with Gasteiger partial charge in [-0.25, -0.2) is 8.42 Å². The van der Waals surface area contributed by atoms with Gasteiger partial charge in [0.2, 0.25) is 0 Å². The SMILES string of the molecule is O=C(c1cc2ccccc2[nH]1)N1[C@H]2CC[C@H]1CC(S(=O)(=O)c1ccccc1)C2. The first kappa shape index (κ1) is 17.5. The molecule has 2 aliphatic heterocycles. The summed E-state index contributed by atoms with van der Waals surface area (Å²) < 4.78 is 26.1. The van der Waals surface area contributed by atoms with Crippen LogP contribution >= 0.6 is 0 Å². The Labute approximate surface area is 164 Å². The standard InChI is InChI=1S/C22H22N2O3S/c25-22(21-12-15-6-4-5-9-20(15)23-21)24-16-10-11-17(24)14-19(13-16)28(26,27)18-7-2-1-3-8-18/h1-9,12,16-17,19,23H,10-11,13-14H2/t16-,17-/m0/s1. The summed E-state index contributed by atoms with van der Waals surface area (Å²) in [6.07, 6.45) is 2.77. The third kappa shape index (κ3) is 2.75. The number of nitrogens with zero attached hydrogens (tertiary/aromatic N) is 1. The molecule has 5 nitrogen and oxygen atoms in total. The quantitative estimate of drug-likeness (QED) is 0.735. The van der Waals surface area contributed by atoms with Crippen molar-refractivity contribution >= 4 is 26.6 Å². The number of aromatic nitrogens is 1. The van der Waals surface area contributed by atoms with Gasteiger partial charge in [0.25, 0.3) is 5.91 Å². The lowest BCUT2D eigenvalue weighted by atomic mass is 10.0. The zero-order valence-electron chi connectivity index (χ0n) is 15.4. The molecule has 1 amide bonds. The Morgan fingerprint density at radius 2 is 1.57 bits per heavy atom. The van der Waals surface area contributed by atoms with Gasteiger partial charge in [0.05, 0.1) is 10.1 Å². The number of aromatic amines is 1. The summed E-state index contributed by atoms with van der Waals surface area (Å²) in [4.78, 5) is 18.7. The zero-order chi connectivity index (χ0) is 19.3. The van der Waals surface area contributed by atoms with E-state index in [1.54, 1.807) is 24.3 Å². The summed E-state index contributed by atoms with van der Waals surface area (Å²) in [5.41, 5.74) is 1.53. The highest BCUT2D eigenvalue weighted by molar-refractivity contribution is 7.92. The average molecular weight is 394 g/mol. The molecule has 2 aromatic carbocycles. The molecule has 2 aliphatic rings. The van der Waals surface area contributed by atoms with E-state index in [9.17, 15) is 13.2 Å². The van der Waals surface area contributed by atoms with Gasteiger partial charge >= 0.3 is 0 Å². The van der Waals surface area contributed by atoms with Gasteiger partial charge in [0, 0.05) is 23.0 Å². The second-order valence-corrected chi connectivity index (χ2v) is 10.0. The van der Waals surface area contributed by atoms with E-state index in [-0.39, 0.29) is 18.0 Å². The summed E-state index contributed by atoms with van der Waals surface area (Å²) >= 11 is 0. The number of sulfone groups is 1. The summed E-state index contributed by atoms with van der Waals surface area (Å²) in [5.74, 6) is -0.0146. The number of carbonyl (C=O) groups is 1. The van der Waals surface area contributed by atoms with E-state index in [1.165, 1.54) is 0 Å². The number of hydrogen-bond acceptors (Lipinski definition) is 3. The number of nitrogens with one attached hydrogen (secondary N) is 1. The topological polar surface area (TPSA) is 70.2 Å². The first-order valence-electron chi connectivity index (χ1n) is 9.73. The van der Waals surface area contributed by atoms with Gasteiger partial charge in [-0.15, -0.1) is 0 Å². The molecule has 2 saturated heterocycles. The molecule has 0 spiro atoms. The maximum Gasteiger partial charge on any atom is 0.270 e. The van der Waals surface area contributed by atoms with Gasteiger partial charge in [0.1, 0.15) is 5.69 Å². The predicted molar refractivity (Wildman–Crippen MR) is 108 cm³/mol. The predicted octanol–water partition coefficient (Wildman–Crippen LogP) is 3.78. The van der Waals surface area contributed by atoms with Crippen LogP contribution in [0.5, 0.6) is 0 Å². The first-order chi connectivity index (χ1) is 13.5. The van der Waals surface area contributed by atoms with Crippen molar-refractivity contribution in [2.45, 2.75) is 47.9 Å². The zero-order valence-corrected chi connectivity index (χ0v) is 16.2. The molecule has 2 fully saturated rings. The van der Waals surface area contributed by atoms with E-state index >= 15 is 0 Å². The Balaban J connectivity index is 1.41. The summed E-state index contributed by atoms with van der Waals surface area (Å²) in [6.45, 7) is 0. The van der Waals surface area contributed by atoms with E-state index in [0.29, 0.717) is 23.4 Å². The monoisotopic (exact) mass is 394 g/mol. The lowest BCUT2D eigenvalue weighted by molar-refractivity contribution is 0.0593. The molecule has 1 N–H and O–H groups in total. The Morgan fingerprint density at radius 3 is 2.25 bits per heavy atom. The van der Waals surface area contributed by atoms with Crippen molar-refractivity contribution in [2.24, 2.45) is 0 Å². The second-order valence-electron chi connectivity index (χ2n) is 7.82. The van der Waals surface area contributed by atoms with Gasteiger partial charge in [-0.3, -0.25) is 4.79 Å². The summed E-state index contributed by atoms with van der Waals surface area (Å²) in [5, 5.41) is 0.596. The lowest BCUT2D eigenvalue weighted by Gasteiger charge is -2.38. The molecule has 5 rings (SSSR count). The molecule has 0 aliphatic carbocycles. The van der Waals surface area contributed by atoms with Crippen LogP contribution in [-0.4, -0.2) is 41.5 Å². The molecule has 3 heterocycles. The molecule has 144 valence electrons. The fourth-order valence-corrected chi connectivity index (χ4v) is 6.71. The molecule has 2 bridgehead atoms. The van der Waals surface area contributed by atoms with Crippen molar-refractivity contribution in [3.05, 3.63) is 66.4 Å². The molecule has 6 heteroatoms. The van der Waals surface area contributed by atoms with E-state index in [1.807, 2.05) is 41.3 Å². The van der Waals surface area contributed by atoms with Crippen molar-refractivity contribution < 1.29 is 13.2 Å². The Hall–Kier alpha value is -2.60. The number of para-hydroxylation sites is 1. The minimum absolute atomic E-state index is 0.0128. The normalized spacial score (nSPS) is 24.6. The van der Waals surface area contributed by atoms with Crippen LogP contribution in [0.3, 0.4) is 0 Å². The number of rotatable bonds is 3. The van der Waals surface area contributed by atoms with Crippen molar-refractivity contribution in [2.75, 3.05) is 0 Å². The third-order valence-electron chi connectivity index (χ3n) is 6.20. The summed E-state index contributed by atoms with van der Waals surface area (Å²) in [6, 6.07) is 18.4. The molecule has 0 unspecified atom stereocenters. The molecule has 2 atom stereocenters. The van der Waals surface area contributed by atoms with Crippen LogP contribution in [0.4, 0.5) is 0 Å². The number of amides is 1. The number of hydrogen-bond donors (Lipinski definition) is 1. The fourth-order valence-electron chi connectivity index (χ4n) is 4.84. The van der Waals surface area contributed by atoms with Gasteiger partial charge in [0.15, 0.2) is 9.84 Å². The lowest BCUT2D eigenvalue weighted by Crippen LogP contribution is -2.49. The van der Waals surface area contributed by atoms with E-state index in [4.69, 9.17) is 0 Å². The highest BCUT2D eigenvalue weighted by atomic mass is 32.2. The van der Waals surface area contributed by atoms with Gasteiger partial charge in [-0.05, 0) is 49.9 Å². The number of benzene rings is 2. The highest BCUT2D eigenvalue weighted by Gasteiger charge is 2.47. The van der Waals surface area contributed by atoms with Crippen LogP contribution in [-0.2, 0) is 9.84 Å². The Kier molecular flexibility index (Phi) is 4.05. The Morgan fingerprint density at radius 1 is 0.929 bits per heavy atom. The van der Waals surface area contributed by atoms with Crippen LogP contribution < -0.4 is 0 Å². The third-order valence-corrected chi connectivity index (χ3v) is 8.39. The van der Waals surface area contributed by atoms with Crippen LogP contribution in [0.15, 0.2) is 65.6 Å². The molecule has 28 heavy (non-hydrogen) atoms. The van der Waals surface area contributed by atoms with Crippen molar-refractivity contribution in [3.63, 3.8) is 0 Å². The number of carbonyl (C=O) groups excluding carboxylic acids is 1. The maximum atomic E-state index is 13.2. The van der Waals surface area contributed by atoms with Crippen molar-refractivity contribution in [3.8, 4) is 0 Å².